The molecule has 0 radical (unpaired) electrons. The van der Waals surface area contributed by atoms with Gasteiger partial charge in [0.05, 0.1) is 48.8 Å². The number of aromatic nitrogens is 2. The molecule has 0 atom stereocenters. The van der Waals surface area contributed by atoms with Crippen molar-refractivity contribution in [1.82, 2.24) is 9.13 Å². The second kappa shape index (κ2) is 32.0. The van der Waals surface area contributed by atoms with Crippen LogP contribution in [0.3, 0.4) is 0 Å². The van der Waals surface area contributed by atoms with E-state index in [1.54, 1.807) is 22.7 Å². The van der Waals surface area contributed by atoms with Crippen molar-refractivity contribution in [2.75, 3.05) is 13.2 Å². The van der Waals surface area contributed by atoms with E-state index in [1.807, 2.05) is 60.7 Å². The standard InChI is InChI=1S/C42H55NO3S.C39H49NOS.2C7H7.Hf/c1-39(2,3)26-42(10,11)29-16-19-36(46-21-13-12-20-44)32(24-29)38-37(45)35(25-47-38)43-33-17-14-27(40(4,5)6)22-30(33)31-23-28(41(7,8)9)15-18-34(31)43;1-24-13-14-27(39(11,12)23-36(2,3)4)21-28(24)35-34(41)33(22-42-35)40-31-17-15-25(37(5,6)7)19-29(31)30-20-26(38(8,9)10)16-18-32(30)40;2*1-7-5-3-2-4-6-7;/h14-19,22-25,44-45H,12-13,20-21,26H2,1-11H3;13-22,41H,23H2,1-12H3;2*2-6H,1H2;/q;;2*-1;/p+2. The number of nitrogens with zero attached hydrogens (tertiary/aromatic N) is 2. The molecule has 0 fully saturated rings. The van der Waals surface area contributed by atoms with Gasteiger partial charge >= 0.3 is 0 Å². The smallest absolute Gasteiger partial charge is 0.263 e. The maximum Gasteiger partial charge on any atom is 0.263 e. The van der Waals surface area contributed by atoms with Crippen LogP contribution in [0.4, 0.5) is 0 Å². The van der Waals surface area contributed by atoms with E-state index in [1.165, 1.54) is 60.5 Å². The average molecular weight is 1600 g/mol. The van der Waals surface area contributed by atoms with Gasteiger partial charge in [0.25, 0.3) is 5.75 Å². The molecule has 9 heteroatoms. The number of thiophene rings is 2. The number of aryl methyl sites for hydroxylation is 1. The van der Waals surface area contributed by atoms with Gasteiger partial charge in [0.2, 0.25) is 0 Å². The van der Waals surface area contributed by atoms with Crippen LogP contribution in [0.1, 0.15) is 228 Å². The van der Waals surface area contributed by atoms with E-state index in [2.05, 4.69) is 302 Å². The maximum atomic E-state index is 12.2. The summed E-state index contributed by atoms with van der Waals surface area (Å²) in [6, 6.07) is 60.5. The molecule has 0 spiro atoms. The molecule has 0 aliphatic carbocycles. The molecular formula is C95H120HfN2O4S2. The van der Waals surface area contributed by atoms with E-state index in [-0.39, 0.29) is 69.2 Å². The van der Waals surface area contributed by atoms with Crippen LogP contribution in [0.15, 0.2) is 181 Å². The summed E-state index contributed by atoms with van der Waals surface area (Å²) in [7, 11) is 0. The van der Waals surface area contributed by atoms with Crippen LogP contribution in [0.25, 0.3) is 75.9 Å². The van der Waals surface area contributed by atoms with Crippen molar-refractivity contribution in [2.45, 2.75) is 217 Å². The van der Waals surface area contributed by atoms with E-state index >= 15 is 0 Å². The molecule has 0 saturated carbocycles. The molecule has 0 amide bonds. The van der Waals surface area contributed by atoms with E-state index in [0.717, 1.165) is 96.9 Å². The van der Waals surface area contributed by atoms with Crippen molar-refractivity contribution in [3.8, 4) is 49.5 Å². The fourth-order valence-corrected chi connectivity index (χ4v) is 16.6. The van der Waals surface area contributed by atoms with Crippen LogP contribution in [0.5, 0.6) is 17.2 Å². The SMILES string of the molecule is CC(C)(C)CC(C)(C)c1ccc([OH+]CCCC[OH2+])c(-c2scc(-n3c4ccc(C(C)(C)C)cc4c4cc(C(C)(C)C)ccc43)c2O)c1.Cc1ccc(C(C)(C)CC(C)(C)C)cc1-c1scc(-n2c3ccc(C(C)(C)C)cc3c3cc(C(C)(C)C)ccc32)c1O.[CH2-]c1ccccc1.[CH2-]c1ccccc1.[Hf]. The third-order valence-electron chi connectivity index (χ3n) is 19.8. The van der Waals surface area contributed by atoms with Gasteiger partial charge < -0.3 is 29.2 Å². The van der Waals surface area contributed by atoms with Crippen LogP contribution < -0.4 is 0 Å². The molecule has 12 aromatic rings. The molecule has 6 nitrogen and oxygen atoms in total. The first-order chi connectivity index (χ1) is 47.9. The first-order valence-corrected chi connectivity index (χ1v) is 38.8. The Morgan fingerprint density at radius 2 is 0.712 bits per heavy atom. The molecule has 8 aromatic carbocycles. The quantitative estimate of drug-likeness (QED) is 0.0522. The Morgan fingerprint density at radius 3 is 1.02 bits per heavy atom. The summed E-state index contributed by atoms with van der Waals surface area (Å²) >= 11 is 3.22. The number of rotatable bonds is 13. The molecule has 4 heterocycles. The minimum Gasteiger partial charge on any atom is -0.582 e. The summed E-state index contributed by atoms with van der Waals surface area (Å²) in [6.07, 6.45) is 3.84. The summed E-state index contributed by atoms with van der Waals surface area (Å²) in [5.74, 6) is 1.55. The fraction of sp³-hybridized carbons (Fsp3) is 0.389. The Hall–Kier alpha value is -7.27. The van der Waals surface area contributed by atoms with E-state index in [4.69, 9.17) is 9.84 Å². The molecule has 0 bridgehead atoms. The van der Waals surface area contributed by atoms with Crippen molar-refractivity contribution in [3.63, 3.8) is 0 Å². The van der Waals surface area contributed by atoms with Crippen molar-refractivity contribution < 1.29 is 45.9 Å². The number of hydrogen-bond acceptors (Lipinski definition) is 4. The molecule has 4 aromatic heterocycles. The van der Waals surface area contributed by atoms with Gasteiger partial charge in [0.15, 0.2) is 18.1 Å². The Morgan fingerprint density at radius 1 is 0.394 bits per heavy atom. The summed E-state index contributed by atoms with van der Waals surface area (Å²) in [4.78, 5) is 1.78. The van der Waals surface area contributed by atoms with Crippen molar-refractivity contribution in [3.05, 3.63) is 245 Å². The zero-order chi connectivity index (χ0) is 75.7. The maximum absolute atomic E-state index is 12.2. The minimum absolute atomic E-state index is 0. The number of unbranched alkanes of at least 4 members (excludes halogenated alkanes) is 1. The van der Waals surface area contributed by atoms with Crippen LogP contribution in [-0.4, -0.2) is 42.4 Å². The van der Waals surface area contributed by atoms with Gasteiger partial charge in [-0.25, -0.2) is 0 Å². The third-order valence-corrected chi connectivity index (χ3v) is 21.7. The number of aromatic hydroxyl groups is 3. The van der Waals surface area contributed by atoms with E-state index in [9.17, 15) is 10.2 Å². The van der Waals surface area contributed by atoms with Gasteiger partial charge in [0.1, 0.15) is 6.61 Å². The van der Waals surface area contributed by atoms with Gasteiger partial charge in [-0.3, -0.25) is 0 Å². The monoisotopic (exact) mass is 1600 g/mol. The third kappa shape index (κ3) is 19.5. The molecule has 0 aliphatic rings. The van der Waals surface area contributed by atoms with Crippen LogP contribution in [0, 0.1) is 31.6 Å². The predicted molar refractivity (Wildman–Crippen MR) is 451 cm³/mol. The van der Waals surface area contributed by atoms with Gasteiger partial charge in [-0.2, -0.15) is 49.2 Å². The second-order valence-corrected chi connectivity index (χ2v) is 38.3. The second-order valence-electron chi connectivity index (χ2n) is 36.5. The molecule has 12 rings (SSSR count). The van der Waals surface area contributed by atoms with Gasteiger partial charge in [-0.15, -0.1) is 46.9 Å². The van der Waals surface area contributed by atoms with Crippen LogP contribution >= 0.6 is 22.7 Å². The Bertz CT molecular complexity index is 4720. The Labute approximate surface area is 651 Å². The summed E-state index contributed by atoms with van der Waals surface area (Å²) < 4.78 is 9.51. The molecular weight excluding hydrogens is 1480 g/mol. The predicted octanol–water partition coefficient (Wildman–Crippen LogP) is 26.8. The first kappa shape index (κ1) is 82.4. The molecule has 104 heavy (non-hydrogen) atoms. The number of fused-ring (bicyclic) bond motifs is 6. The van der Waals surface area contributed by atoms with Gasteiger partial charge in [-0.05, 0) is 174 Å². The van der Waals surface area contributed by atoms with Gasteiger partial charge in [0, 0.05) is 77.1 Å². The Kier molecular flexibility index (Phi) is 25.4. The van der Waals surface area contributed by atoms with Crippen LogP contribution in [-0.2, 0) is 58.3 Å². The molecule has 0 aliphatic heterocycles. The summed E-state index contributed by atoms with van der Waals surface area (Å²) in [6.45, 7) is 61.0. The normalized spacial score (nSPS) is 12.5. The Balaban J connectivity index is 0.000000220. The van der Waals surface area contributed by atoms with Gasteiger partial charge in [-0.1, -0.05) is 201 Å². The van der Waals surface area contributed by atoms with E-state index in [0.29, 0.717) is 24.7 Å². The molecule has 5 N–H and O–H groups in total. The number of aliphatic hydroxyl groups is 1. The largest absolute Gasteiger partial charge is 0.582 e. The van der Waals surface area contributed by atoms with Crippen LogP contribution in [0.2, 0.25) is 0 Å². The topological polar surface area (TPSA) is 86.0 Å². The number of hydrogen-bond donors (Lipinski definition) is 2. The van der Waals surface area contributed by atoms with Crippen molar-refractivity contribution >= 4 is 66.3 Å². The molecule has 0 unspecified atom stereocenters. The first-order valence-electron chi connectivity index (χ1n) is 37.0. The van der Waals surface area contributed by atoms with Crippen molar-refractivity contribution in [2.24, 2.45) is 10.8 Å². The molecule has 0 saturated heterocycles. The zero-order valence-electron chi connectivity index (χ0n) is 67.0. The number of ether oxygens (including phenoxy) is 1. The fourth-order valence-electron chi connectivity index (χ4n) is 14.6. The summed E-state index contributed by atoms with van der Waals surface area (Å²) in [5.41, 5.74) is 19.8. The number of benzene rings is 8. The van der Waals surface area contributed by atoms with E-state index < -0.39 is 0 Å². The minimum atomic E-state index is -0.0468. The van der Waals surface area contributed by atoms with Crippen molar-refractivity contribution in [1.29, 1.82) is 0 Å². The zero-order valence-corrected chi connectivity index (χ0v) is 72.3. The summed E-state index contributed by atoms with van der Waals surface area (Å²) in [5, 5.41) is 40.8. The average Bonchev–Trinajstić information content (AvgIpc) is 1.58. The molecule has 550 valence electrons.